The van der Waals surface area contributed by atoms with Crippen molar-refractivity contribution in [2.75, 3.05) is 10.2 Å². The Hall–Kier alpha value is -4.37. The minimum absolute atomic E-state index is 0.0204. The van der Waals surface area contributed by atoms with E-state index in [0.717, 1.165) is 30.5 Å². The van der Waals surface area contributed by atoms with Gasteiger partial charge in [-0.1, -0.05) is 49.4 Å². The van der Waals surface area contributed by atoms with E-state index in [1.165, 1.54) is 22.3 Å². The number of thiophene rings is 1. The first kappa shape index (κ1) is 24.0. The van der Waals surface area contributed by atoms with Crippen molar-refractivity contribution in [3.63, 3.8) is 0 Å². The number of ketones is 1. The Labute approximate surface area is 223 Å². The highest BCUT2D eigenvalue weighted by atomic mass is 32.1. The van der Waals surface area contributed by atoms with Crippen LogP contribution >= 0.6 is 11.3 Å². The van der Waals surface area contributed by atoms with E-state index in [4.69, 9.17) is 4.98 Å². The lowest BCUT2D eigenvalue weighted by Crippen LogP contribution is -2.40. The third-order valence-electron chi connectivity index (χ3n) is 7.10. The van der Waals surface area contributed by atoms with Crippen LogP contribution in [0.1, 0.15) is 35.4 Å². The van der Waals surface area contributed by atoms with E-state index in [2.05, 4.69) is 22.2 Å². The monoisotopic (exact) mass is 523 g/mol. The minimum atomic E-state index is -0.399. The molecule has 4 aromatic rings. The van der Waals surface area contributed by atoms with E-state index in [1.54, 1.807) is 18.3 Å². The molecule has 6 rings (SSSR count). The minimum Gasteiger partial charge on any atom is -0.349 e. The van der Waals surface area contributed by atoms with E-state index >= 15 is 0 Å². The van der Waals surface area contributed by atoms with Gasteiger partial charge in [0, 0.05) is 23.7 Å². The van der Waals surface area contributed by atoms with Crippen LogP contribution in [0.25, 0.3) is 21.5 Å². The zero-order chi connectivity index (χ0) is 26.2. The Bertz CT molecular complexity index is 1580. The number of pyridine rings is 2. The van der Waals surface area contributed by atoms with Crippen molar-refractivity contribution in [3.8, 4) is 11.3 Å². The predicted octanol–water partition coefficient (Wildman–Crippen LogP) is 6.09. The molecule has 0 bridgehead atoms. The highest BCUT2D eigenvalue weighted by Crippen LogP contribution is 2.45. The van der Waals surface area contributed by atoms with Crippen molar-refractivity contribution in [1.82, 2.24) is 15.3 Å². The number of allylic oxidation sites excluding steroid dienone is 1. The summed E-state index contributed by atoms with van der Waals surface area (Å²) >= 11 is 1.24. The third-order valence-corrected chi connectivity index (χ3v) is 8.19. The van der Waals surface area contributed by atoms with Crippen molar-refractivity contribution in [2.24, 2.45) is 5.92 Å². The summed E-state index contributed by atoms with van der Waals surface area (Å²) in [5.41, 5.74) is 2.77. The van der Waals surface area contributed by atoms with Crippen LogP contribution in [0.2, 0.25) is 0 Å². The molecule has 1 fully saturated rings. The quantitative estimate of drug-likeness (QED) is 0.298. The maximum atomic E-state index is 13.4. The van der Waals surface area contributed by atoms with Crippen LogP contribution in [-0.2, 0) is 4.79 Å². The highest BCUT2D eigenvalue weighted by Gasteiger charge is 2.34. The van der Waals surface area contributed by atoms with E-state index in [-0.39, 0.29) is 23.7 Å². The molecule has 38 heavy (non-hydrogen) atoms. The van der Waals surface area contributed by atoms with Crippen LogP contribution in [-0.4, -0.2) is 33.7 Å². The van der Waals surface area contributed by atoms with Gasteiger partial charge in [-0.25, -0.2) is 19.7 Å². The first-order valence-corrected chi connectivity index (χ1v) is 13.4. The summed E-state index contributed by atoms with van der Waals surface area (Å²) < 4.78 is 0. The fraction of sp³-hybridized carbons (Fsp3) is 0.207. The predicted molar refractivity (Wildman–Crippen MR) is 149 cm³/mol. The molecule has 0 saturated heterocycles. The molecule has 0 radical (unpaired) electrons. The largest absolute Gasteiger partial charge is 0.349 e. The van der Waals surface area contributed by atoms with Gasteiger partial charge in [0.2, 0.25) is 0 Å². The second kappa shape index (κ2) is 9.83. The van der Waals surface area contributed by atoms with Gasteiger partial charge in [0.05, 0.1) is 22.5 Å². The number of anilines is 3. The summed E-state index contributed by atoms with van der Waals surface area (Å²) in [5.74, 6) is 0.1000. The van der Waals surface area contributed by atoms with E-state index in [0.29, 0.717) is 38.7 Å². The normalized spacial score (nSPS) is 18.6. The van der Waals surface area contributed by atoms with E-state index < -0.39 is 6.03 Å². The Morgan fingerprint density at radius 3 is 2.76 bits per heavy atom. The number of nitrogens with zero attached hydrogens (tertiary/aromatic N) is 3. The van der Waals surface area contributed by atoms with Crippen molar-refractivity contribution >= 4 is 56.5 Å². The lowest BCUT2D eigenvalue weighted by atomic mass is 9.83. The molecule has 0 spiro atoms. The Kier molecular flexibility index (Phi) is 6.21. The van der Waals surface area contributed by atoms with Gasteiger partial charge in [0.15, 0.2) is 5.78 Å². The number of benzene rings is 1. The summed E-state index contributed by atoms with van der Waals surface area (Å²) in [6, 6.07) is 16.6. The van der Waals surface area contributed by atoms with Crippen LogP contribution in [0, 0.1) is 5.92 Å². The molecule has 1 aromatic carbocycles. The second-order valence-corrected chi connectivity index (χ2v) is 10.5. The Balaban J connectivity index is 1.33. The zero-order valence-corrected chi connectivity index (χ0v) is 21.3. The van der Waals surface area contributed by atoms with Gasteiger partial charge in [-0.05, 0) is 43.5 Å². The summed E-state index contributed by atoms with van der Waals surface area (Å²) in [4.78, 5) is 50.8. The first-order chi connectivity index (χ1) is 18.5. The van der Waals surface area contributed by atoms with Gasteiger partial charge in [0.1, 0.15) is 15.5 Å². The molecule has 1 aliphatic heterocycles. The zero-order valence-electron chi connectivity index (χ0n) is 20.5. The maximum Gasteiger partial charge on any atom is 0.332 e. The van der Waals surface area contributed by atoms with Gasteiger partial charge >= 0.3 is 6.03 Å². The lowest BCUT2D eigenvalue weighted by Gasteiger charge is -2.29. The molecule has 8 nitrogen and oxygen atoms in total. The number of hydrogen-bond donors (Lipinski definition) is 2. The molecule has 1 saturated carbocycles. The molecule has 2 N–H and O–H groups in total. The summed E-state index contributed by atoms with van der Waals surface area (Å²) in [6.07, 6.45) is 6.07. The van der Waals surface area contributed by atoms with Crippen molar-refractivity contribution < 1.29 is 14.4 Å². The molecular weight excluding hydrogens is 498 g/mol. The molecule has 2 atom stereocenters. The molecule has 1 aliphatic carbocycles. The van der Waals surface area contributed by atoms with Crippen LogP contribution in [0.4, 0.5) is 22.0 Å². The molecule has 9 heteroatoms. The number of rotatable bonds is 6. The number of aromatic nitrogens is 2. The standard InChI is InChI=1S/C29H25N5O3S/c1-2-22(35)18-10-6-11-19(16-18)31-27(36)26-25-24-21(14-15-30-28(24)38-26)34(29(37)33-25)23-13-7-12-20(32-23)17-8-4-3-5-9-17/h2-5,7-9,12-15,18-19H,1,6,10-11,16H2,(H,31,36)(H,33,37)/t18?,19-/m1/s1. The summed E-state index contributed by atoms with van der Waals surface area (Å²) in [6.45, 7) is 3.60. The summed E-state index contributed by atoms with van der Waals surface area (Å²) in [7, 11) is 0. The van der Waals surface area contributed by atoms with Crippen molar-refractivity contribution in [3.05, 3.63) is 78.3 Å². The number of amides is 3. The third kappa shape index (κ3) is 4.24. The number of carbonyl (C=O) groups excluding carboxylic acids is 3. The molecule has 3 aromatic heterocycles. The van der Waals surface area contributed by atoms with Gasteiger partial charge in [0.25, 0.3) is 5.91 Å². The van der Waals surface area contributed by atoms with Gasteiger partial charge in [-0.2, -0.15) is 0 Å². The fourth-order valence-corrected chi connectivity index (χ4v) is 6.31. The molecule has 1 unspecified atom stereocenters. The molecule has 4 heterocycles. The fourth-order valence-electron chi connectivity index (χ4n) is 5.29. The van der Waals surface area contributed by atoms with Crippen LogP contribution in [0.15, 0.2) is 73.4 Å². The lowest BCUT2D eigenvalue weighted by molar-refractivity contribution is -0.119. The molecular formula is C29H25N5O3S. The average Bonchev–Trinajstić information content (AvgIpc) is 3.33. The second-order valence-electron chi connectivity index (χ2n) is 9.47. The molecule has 190 valence electrons. The van der Waals surface area contributed by atoms with Crippen molar-refractivity contribution in [1.29, 1.82) is 0 Å². The van der Waals surface area contributed by atoms with E-state index in [9.17, 15) is 14.4 Å². The number of hydrogen-bond acceptors (Lipinski definition) is 6. The van der Waals surface area contributed by atoms with Crippen molar-refractivity contribution in [2.45, 2.75) is 31.7 Å². The van der Waals surface area contributed by atoms with Crippen LogP contribution in [0.5, 0.6) is 0 Å². The topological polar surface area (TPSA) is 104 Å². The Morgan fingerprint density at radius 1 is 1.11 bits per heavy atom. The number of carbonyl (C=O) groups is 3. The smallest absolute Gasteiger partial charge is 0.332 e. The van der Waals surface area contributed by atoms with E-state index in [1.807, 2.05) is 42.5 Å². The highest BCUT2D eigenvalue weighted by molar-refractivity contribution is 7.21. The number of nitrogens with one attached hydrogen (secondary N) is 2. The average molecular weight is 524 g/mol. The van der Waals surface area contributed by atoms with Gasteiger partial charge in [-0.3, -0.25) is 9.59 Å². The van der Waals surface area contributed by atoms with Gasteiger partial charge < -0.3 is 10.6 Å². The molecule has 3 amide bonds. The molecule has 2 aliphatic rings. The first-order valence-electron chi connectivity index (χ1n) is 12.6. The maximum absolute atomic E-state index is 13.4. The van der Waals surface area contributed by atoms with Crippen LogP contribution in [0.3, 0.4) is 0 Å². The number of urea groups is 1. The Morgan fingerprint density at radius 2 is 1.95 bits per heavy atom. The SMILES string of the molecule is C=CC(=O)C1CCC[C@@H](NC(=O)c2sc3nccc4c3c2NC(=O)N4c2cccc(-c3ccccc3)n2)C1. The van der Waals surface area contributed by atoms with Gasteiger partial charge in [-0.15, -0.1) is 11.3 Å². The van der Waals surface area contributed by atoms with Crippen LogP contribution < -0.4 is 15.5 Å². The summed E-state index contributed by atoms with van der Waals surface area (Å²) in [5, 5.41) is 6.72.